The van der Waals surface area contributed by atoms with Crippen LogP contribution >= 0.6 is 15.9 Å². The van der Waals surface area contributed by atoms with Gasteiger partial charge in [-0.1, -0.05) is 46.3 Å². The van der Waals surface area contributed by atoms with Crippen LogP contribution in [0.1, 0.15) is 11.3 Å². The van der Waals surface area contributed by atoms with Crippen molar-refractivity contribution in [1.29, 1.82) is 0 Å². The smallest absolute Gasteiger partial charge is 0.243 e. The van der Waals surface area contributed by atoms with Gasteiger partial charge < -0.3 is 14.1 Å². The maximum atomic E-state index is 13.6. The van der Waals surface area contributed by atoms with E-state index in [9.17, 15) is 13.2 Å². The molecule has 192 valence electrons. The van der Waals surface area contributed by atoms with Crippen LogP contribution in [-0.2, 0) is 32.6 Å². The number of nitrogens with zero attached hydrogens (tertiary/aromatic N) is 3. The summed E-state index contributed by atoms with van der Waals surface area (Å²) in [6.45, 7) is 3.74. The highest BCUT2D eigenvalue weighted by molar-refractivity contribution is 9.10. The standard InChI is InChI=1S/C26H30BrN3O5S/c27-23-8-10-25(11-9-23)36(32,33)30(13-12-28-14-17-34-18-15-28)21-26(31)29(20-24-7-4-16-35-24)19-22-5-2-1-3-6-22/h1-11,16H,12-15,17-21H2. The van der Waals surface area contributed by atoms with Crippen molar-refractivity contribution in [1.82, 2.24) is 14.1 Å². The van der Waals surface area contributed by atoms with E-state index in [0.29, 0.717) is 32.1 Å². The lowest BCUT2D eigenvalue weighted by atomic mass is 10.2. The fourth-order valence-electron chi connectivity index (χ4n) is 4.00. The van der Waals surface area contributed by atoms with Crippen LogP contribution in [0, 0.1) is 0 Å². The Balaban J connectivity index is 1.56. The summed E-state index contributed by atoms with van der Waals surface area (Å²) in [7, 11) is -3.90. The maximum absolute atomic E-state index is 13.6. The first-order chi connectivity index (χ1) is 17.4. The molecule has 4 rings (SSSR count). The van der Waals surface area contributed by atoms with Gasteiger partial charge in [0.05, 0.1) is 37.5 Å². The van der Waals surface area contributed by atoms with E-state index >= 15 is 0 Å². The maximum Gasteiger partial charge on any atom is 0.243 e. The minimum absolute atomic E-state index is 0.154. The summed E-state index contributed by atoms with van der Waals surface area (Å²) in [5, 5.41) is 0. The summed E-state index contributed by atoms with van der Waals surface area (Å²) in [5.41, 5.74) is 0.952. The van der Waals surface area contributed by atoms with Crippen LogP contribution < -0.4 is 0 Å². The van der Waals surface area contributed by atoms with Crippen molar-refractivity contribution in [3.05, 3.63) is 88.8 Å². The topological polar surface area (TPSA) is 83.3 Å². The normalized spacial score (nSPS) is 14.7. The molecule has 0 spiro atoms. The fraction of sp³-hybridized carbons (Fsp3) is 0.346. The predicted molar refractivity (Wildman–Crippen MR) is 140 cm³/mol. The minimum atomic E-state index is -3.90. The Hall–Kier alpha value is -2.50. The summed E-state index contributed by atoms with van der Waals surface area (Å²) in [4.78, 5) is 17.5. The Morgan fingerprint density at radius 1 is 0.944 bits per heavy atom. The van der Waals surface area contributed by atoms with E-state index in [-0.39, 0.29) is 30.4 Å². The molecule has 1 saturated heterocycles. The van der Waals surface area contributed by atoms with Gasteiger partial charge >= 0.3 is 0 Å². The van der Waals surface area contributed by atoms with Crippen molar-refractivity contribution in [3.8, 4) is 0 Å². The molecule has 1 aliphatic heterocycles. The lowest BCUT2D eigenvalue weighted by molar-refractivity contribution is -0.133. The Bertz CT molecular complexity index is 1200. The number of amides is 1. The van der Waals surface area contributed by atoms with E-state index in [1.807, 2.05) is 30.3 Å². The molecule has 0 aliphatic carbocycles. The van der Waals surface area contributed by atoms with Gasteiger partial charge in [0.1, 0.15) is 5.76 Å². The van der Waals surface area contributed by atoms with E-state index in [4.69, 9.17) is 9.15 Å². The molecule has 1 fully saturated rings. The highest BCUT2D eigenvalue weighted by Gasteiger charge is 2.29. The van der Waals surface area contributed by atoms with Crippen molar-refractivity contribution in [2.75, 3.05) is 45.9 Å². The number of carbonyl (C=O) groups excluding carboxylic acids is 1. The summed E-state index contributed by atoms with van der Waals surface area (Å²) in [5.74, 6) is 0.341. The van der Waals surface area contributed by atoms with E-state index < -0.39 is 10.0 Å². The first-order valence-corrected chi connectivity index (χ1v) is 14.0. The second-order valence-corrected chi connectivity index (χ2v) is 11.4. The van der Waals surface area contributed by atoms with E-state index in [1.165, 1.54) is 4.31 Å². The zero-order chi connectivity index (χ0) is 25.4. The Kier molecular flexibility index (Phi) is 9.33. The molecule has 8 nitrogen and oxygen atoms in total. The summed E-state index contributed by atoms with van der Waals surface area (Å²) < 4.78 is 40.2. The second-order valence-electron chi connectivity index (χ2n) is 8.56. The molecular formula is C26H30BrN3O5S. The van der Waals surface area contributed by atoms with Crippen LogP contribution in [0.2, 0.25) is 0 Å². The number of sulfonamides is 1. The number of benzene rings is 2. The molecule has 0 N–H and O–H groups in total. The van der Waals surface area contributed by atoms with Crippen molar-refractivity contribution < 1.29 is 22.4 Å². The fourth-order valence-corrected chi connectivity index (χ4v) is 5.64. The van der Waals surface area contributed by atoms with Gasteiger partial charge in [-0.05, 0) is 42.0 Å². The zero-order valence-electron chi connectivity index (χ0n) is 20.0. The van der Waals surface area contributed by atoms with Gasteiger partial charge in [-0.25, -0.2) is 8.42 Å². The van der Waals surface area contributed by atoms with Crippen molar-refractivity contribution in [2.24, 2.45) is 0 Å². The summed E-state index contributed by atoms with van der Waals surface area (Å²) in [6.07, 6.45) is 1.56. The van der Waals surface area contributed by atoms with Gasteiger partial charge in [-0.2, -0.15) is 4.31 Å². The number of furan rings is 1. The van der Waals surface area contributed by atoms with Gasteiger partial charge in [0.15, 0.2) is 0 Å². The largest absolute Gasteiger partial charge is 0.467 e. The molecule has 2 heterocycles. The number of rotatable bonds is 11. The first-order valence-electron chi connectivity index (χ1n) is 11.8. The zero-order valence-corrected chi connectivity index (χ0v) is 22.4. The molecule has 1 amide bonds. The lowest BCUT2D eigenvalue weighted by Gasteiger charge is -2.31. The van der Waals surface area contributed by atoms with Crippen molar-refractivity contribution in [2.45, 2.75) is 18.0 Å². The number of morpholine rings is 1. The second kappa shape index (κ2) is 12.6. The third-order valence-corrected chi connectivity index (χ3v) is 8.42. The molecular weight excluding hydrogens is 546 g/mol. The summed E-state index contributed by atoms with van der Waals surface area (Å²) >= 11 is 3.35. The molecule has 3 aromatic rings. The molecule has 36 heavy (non-hydrogen) atoms. The van der Waals surface area contributed by atoms with Crippen molar-refractivity contribution >= 4 is 31.9 Å². The number of carbonyl (C=O) groups is 1. The number of halogens is 1. The molecule has 0 unspecified atom stereocenters. The first kappa shape index (κ1) is 26.6. The quantitative estimate of drug-likeness (QED) is 0.347. The van der Waals surface area contributed by atoms with Gasteiger partial charge in [0.25, 0.3) is 0 Å². The number of hydrogen-bond acceptors (Lipinski definition) is 6. The molecule has 0 radical (unpaired) electrons. The van der Waals surface area contributed by atoms with Crippen LogP contribution in [0.15, 0.2) is 86.8 Å². The van der Waals surface area contributed by atoms with Crippen LogP contribution in [0.25, 0.3) is 0 Å². The van der Waals surface area contributed by atoms with Crippen LogP contribution in [0.5, 0.6) is 0 Å². The monoisotopic (exact) mass is 575 g/mol. The minimum Gasteiger partial charge on any atom is -0.467 e. The van der Waals surface area contributed by atoms with Gasteiger partial charge in [-0.3, -0.25) is 9.69 Å². The van der Waals surface area contributed by atoms with Gasteiger partial charge in [0.2, 0.25) is 15.9 Å². The van der Waals surface area contributed by atoms with E-state index in [0.717, 1.165) is 23.1 Å². The molecule has 1 aromatic heterocycles. The molecule has 10 heteroatoms. The Labute approximate surface area is 220 Å². The van der Waals surface area contributed by atoms with Crippen LogP contribution in [0.4, 0.5) is 0 Å². The molecule has 0 atom stereocenters. The highest BCUT2D eigenvalue weighted by Crippen LogP contribution is 2.20. The van der Waals surface area contributed by atoms with Crippen molar-refractivity contribution in [3.63, 3.8) is 0 Å². The number of hydrogen-bond donors (Lipinski definition) is 0. The molecule has 1 aliphatic rings. The van der Waals surface area contributed by atoms with Gasteiger partial charge in [-0.15, -0.1) is 0 Å². The lowest BCUT2D eigenvalue weighted by Crippen LogP contribution is -2.47. The van der Waals surface area contributed by atoms with E-state index in [2.05, 4.69) is 20.8 Å². The van der Waals surface area contributed by atoms with Crippen LogP contribution in [-0.4, -0.2) is 74.4 Å². The summed E-state index contributed by atoms with van der Waals surface area (Å²) in [6, 6.07) is 19.7. The number of ether oxygens (including phenoxy) is 1. The highest BCUT2D eigenvalue weighted by atomic mass is 79.9. The third kappa shape index (κ3) is 7.27. The van der Waals surface area contributed by atoms with Gasteiger partial charge in [0, 0.05) is 37.2 Å². The molecule has 0 bridgehead atoms. The van der Waals surface area contributed by atoms with Crippen LogP contribution in [0.3, 0.4) is 0 Å². The SMILES string of the molecule is O=C(CN(CCN1CCOCC1)S(=O)(=O)c1ccc(Br)cc1)N(Cc1ccccc1)Cc1ccco1. The average molecular weight is 577 g/mol. The molecule has 2 aromatic carbocycles. The van der Waals surface area contributed by atoms with E-state index in [1.54, 1.807) is 47.6 Å². The third-order valence-electron chi connectivity index (χ3n) is 6.03. The Morgan fingerprint density at radius 3 is 2.33 bits per heavy atom. The Morgan fingerprint density at radius 2 is 1.67 bits per heavy atom. The molecule has 0 saturated carbocycles. The average Bonchev–Trinajstić information content (AvgIpc) is 3.40. The predicted octanol–water partition coefficient (Wildman–Crippen LogP) is 3.59.